The number of hydrogen-bond donors (Lipinski definition) is 2. The predicted octanol–water partition coefficient (Wildman–Crippen LogP) is 3.68. The number of benzene rings is 1. The fourth-order valence-corrected chi connectivity index (χ4v) is 3.79. The number of carbonyl (C=O) groups excluding carboxylic acids is 1. The van der Waals surface area contributed by atoms with E-state index in [4.69, 9.17) is 0 Å². The molecule has 6 nitrogen and oxygen atoms in total. The van der Waals surface area contributed by atoms with E-state index < -0.39 is 10.0 Å². The van der Waals surface area contributed by atoms with Gasteiger partial charge in [-0.2, -0.15) is 0 Å². The number of hydrogen-bond acceptors (Lipinski definition) is 4. The topological polar surface area (TPSA) is 88.2 Å². The lowest BCUT2D eigenvalue weighted by atomic mass is 9.91. The monoisotopic (exact) mass is 513 g/mol. The van der Waals surface area contributed by atoms with Crippen LogP contribution in [0.4, 0.5) is 5.69 Å². The summed E-state index contributed by atoms with van der Waals surface area (Å²) in [4.78, 5) is 16.5. The fourth-order valence-electron chi connectivity index (χ4n) is 2.32. The average molecular weight is 513 g/mol. The van der Waals surface area contributed by atoms with Crippen molar-refractivity contribution in [2.45, 2.75) is 32.7 Å². The van der Waals surface area contributed by atoms with E-state index in [9.17, 15) is 13.2 Å². The van der Waals surface area contributed by atoms with E-state index in [1.54, 1.807) is 24.4 Å². The van der Waals surface area contributed by atoms with Crippen molar-refractivity contribution in [2.24, 2.45) is 0 Å². The van der Waals surface area contributed by atoms with Crippen LogP contribution in [0.2, 0.25) is 0 Å². The predicted molar refractivity (Wildman–Crippen MR) is 121 cm³/mol. The molecule has 0 saturated carbocycles. The molecule has 1 aromatic heterocycles. The molecule has 0 bridgehead atoms. The van der Waals surface area contributed by atoms with Crippen LogP contribution < -0.4 is 10.0 Å². The quantitative estimate of drug-likeness (QED) is 0.456. The van der Waals surface area contributed by atoms with E-state index in [1.807, 2.05) is 18.2 Å². The van der Waals surface area contributed by atoms with Gasteiger partial charge in [-0.15, -0.1) is 0 Å². The Morgan fingerprint density at radius 1 is 1.21 bits per heavy atom. The SMILES string of the molecule is CC(C)(C)c1ccc(/C=C/C(=O)NCc2ccc(NS(C)(=O)=O)c(I)c2)cn1. The highest BCUT2D eigenvalue weighted by Gasteiger charge is 2.14. The maximum absolute atomic E-state index is 12.0. The van der Waals surface area contributed by atoms with Crippen molar-refractivity contribution in [2.75, 3.05) is 11.0 Å². The molecular formula is C20H24IN3O3S. The van der Waals surface area contributed by atoms with Gasteiger partial charge in [0.05, 0.1) is 11.9 Å². The molecule has 1 amide bonds. The second-order valence-corrected chi connectivity index (χ2v) is 10.4. The number of nitrogens with zero attached hydrogens (tertiary/aromatic N) is 1. The molecule has 2 aromatic rings. The summed E-state index contributed by atoms with van der Waals surface area (Å²) in [5.41, 5.74) is 3.24. The van der Waals surface area contributed by atoms with Gasteiger partial charge in [0.1, 0.15) is 0 Å². The van der Waals surface area contributed by atoms with Crippen LogP contribution in [0.25, 0.3) is 6.08 Å². The highest BCUT2D eigenvalue weighted by molar-refractivity contribution is 14.1. The number of halogens is 1. The number of carbonyl (C=O) groups is 1. The lowest BCUT2D eigenvalue weighted by Crippen LogP contribution is -2.20. The van der Waals surface area contributed by atoms with E-state index in [1.165, 1.54) is 6.08 Å². The number of nitrogens with one attached hydrogen (secondary N) is 2. The number of aromatic nitrogens is 1. The van der Waals surface area contributed by atoms with Crippen molar-refractivity contribution in [1.82, 2.24) is 10.3 Å². The largest absolute Gasteiger partial charge is 0.348 e. The third-order valence-corrected chi connectivity index (χ3v) is 5.26. The maximum Gasteiger partial charge on any atom is 0.244 e. The van der Waals surface area contributed by atoms with Crippen LogP contribution in [0.3, 0.4) is 0 Å². The Hall–Kier alpha value is -1.94. The van der Waals surface area contributed by atoms with Crippen LogP contribution in [0.15, 0.2) is 42.6 Å². The van der Waals surface area contributed by atoms with E-state index in [-0.39, 0.29) is 11.3 Å². The Bertz CT molecular complexity index is 979. The molecular weight excluding hydrogens is 489 g/mol. The first-order valence-electron chi connectivity index (χ1n) is 8.63. The smallest absolute Gasteiger partial charge is 0.244 e. The molecule has 150 valence electrons. The molecule has 0 aliphatic carbocycles. The van der Waals surface area contributed by atoms with Gasteiger partial charge in [-0.05, 0) is 58.0 Å². The summed E-state index contributed by atoms with van der Waals surface area (Å²) < 4.78 is 25.9. The lowest BCUT2D eigenvalue weighted by molar-refractivity contribution is -0.116. The lowest BCUT2D eigenvalue weighted by Gasteiger charge is -2.17. The molecule has 1 heterocycles. The van der Waals surface area contributed by atoms with Crippen LogP contribution in [-0.4, -0.2) is 25.6 Å². The zero-order chi connectivity index (χ0) is 20.9. The molecule has 0 aliphatic rings. The molecule has 0 unspecified atom stereocenters. The van der Waals surface area contributed by atoms with Crippen molar-refractivity contribution in [3.05, 3.63) is 63.0 Å². The second-order valence-electron chi connectivity index (χ2n) is 7.47. The number of pyridine rings is 1. The first kappa shape index (κ1) is 22.4. The molecule has 28 heavy (non-hydrogen) atoms. The molecule has 0 atom stereocenters. The summed E-state index contributed by atoms with van der Waals surface area (Å²) in [6.07, 6.45) is 6.05. The molecule has 0 aliphatic heterocycles. The highest BCUT2D eigenvalue weighted by atomic mass is 127. The van der Waals surface area contributed by atoms with Gasteiger partial charge >= 0.3 is 0 Å². The summed E-state index contributed by atoms with van der Waals surface area (Å²) in [5.74, 6) is -0.215. The van der Waals surface area contributed by atoms with Crippen molar-refractivity contribution in [3.63, 3.8) is 0 Å². The highest BCUT2D eigenvalue weighted by Crippen LogP contribution is 2.21. The van der Waals surface area contributed by atoms with Crippen LogP contribution >= 0.6 is 22.6 Å². The minimum atomic E-state index is -3.32. The Balaban J connectivity index is 1.93. The van der Waals surface area contributed by atoms with Gasteiger partial charge in [0, 0.05) is 33.5 Å². The molecule has 2 N–H and O–H groups in total. The molecule has 8 heteroatoms. The number of amides is 1. The van der Waals surface area contributed by atoms with Crippen LogP contribution in [-0.2, 0) is 26.8 Å². The molecule has 0 spiro atoms. The zero-order valence-corrected chi connectivity index (χ0v) is 19.3. The zero-order valence-electron chi connectivity index (χ0n) is 16.3. The van der Waals surface area contributed by atoms with Gasteiger partial charge < -0.3 is 5.32 Å². The Labute approximate surface area is 180 Å². The maximum atomic E-state index is 12.0. The van der Waals surface area contributed by atoms with Crippen molar-refractivity contribution in [3.8, 4) is 0 Å². The third kappa shape index (κ3) is 7.23. The molecule has 0 saturated heterocycles. The Morgan fingerprint density at radius 3 is 2.46 bits per heavy atom. The number of sulfonamides is 1. The van der Waals surface area contributed by atoms with E-state index >= 15 is 0 Å². The Kier molecular flexibility index (Phi) is 7.22. The minimum absolute atomic E-state index is 0.0104. The second kappa shape index (κ2) is 9.04. The van der Waals surface area contributed by atoms with Gasteiger partial charge in [-0.3, -0.25) is 14.5 Å². The summed E-state index contributed by atoms with van der Waals surface area (Å²) in [6, 6.07) is 9.18. The van der Waals surface area contributed by atoms with Gasteiger partial charge in [0.15, 0.2) is 0 Å². The number of anilines is 1. The Morgan fingerprint density at radius 2 is 1.93 bits per heavy atom. The van der Waals surface area contributed by atoms with Crippen LogP contribution in [0.1, 0.15) is 37.6 Å². The van der Waals surface area contributed by atoms with Crippen LogP contribution in [0, 0.1) is 3.57 Å². The summed E-state index contributed by atoms with van der Waals surface area (Å²) in [6.45, 7) is 6.65. The summed E-state index contributed by atoms with van der Waals surface area (Å²) in [7, 11) is -3.32. The van der Waals surface area contributed by atoms with E-state index in [0.717, 1.165) is 26.6 Å². The molecule has 0 fully saturated rings. The standard InChI is InChI=1S/C20H24IN3O3S/c1-20(2,3)18-9-6-14(12-22-18)7-10-19(25)23-13-15-5-8-17(16(21)11-15)24-28(4,26)27/h5-12,24H,13H2,1-4H3,(H,23,25)/b10-7+. The molecule has 0 radical (unpaired) electrons. The summed E-state index contributed by atoms with van der Waals surface area (Å²) in [5, 5.41) is 2.81. The summed E-state index contributed by atoms with van der Waals surface area (Å²) >= 11 is 2.05. The molecule has 1 aromatic carbocycles. The van der Waals surface area contributed by atoms with Gasteiger partial charge in [0.25, 0.3) is 0 Å². The first-order valence-corrected chi connectivity index (χ1v) is 11.6. The van der Waals surface area contributed by atoms with Crippen molar-refractivity contribution < 1.29 is 13.2 Å². The third-order valence-electron chi connectivity index (χ3n) is 3.78. The van der Waals surface area contributed by atoms with E-state index in [2.05, 4.69) is 58.4 Å². The average Bonchev–Trinajstić information content (AvgIpc) is 2.59. The van der Waals surface area contributed by atoms with E-state index in [0.29, 0.717) is 12.2 Å². The van der Waals surface area contributed by atoms with Gasteiger partial charge in [-0.25, -0.2) is 8.42 Å². The fraction of sp³-hybridized carbons (Fsp3) is 0.300. The van der Waals surface area contributed by atoms with Gasteiger partial charge in [0.2, 0.25) is 15.9 Å². The molecule has 2 rings (SSSR count). The normalized spacial score (nSPS) is 12.2. The van der Waals surface area contributed by atoms with Gasteiger partial charge in [-0.1, -0.05) is 32.9 Å². The first-order chi connectivity index (χ1) is 12.9. The minimum Gasteiger partial charge on any atom is -0.348 e. The van der Waals surface area contributed by atoms with Crippen molar-refractivity contribution >= 4 is 50.3 Å². The van der Waals surface area contributed by atoms with Crippen LogP contribution in [0.5, 0.6) is 0 Å². The van der Waals surface area contributed by atoms with Crippen molar-refractivity contribution in [1.29, 1.82) is 0 Å². The number of rotatable bonds is 6.